The summed E-state index contributed by atoms with van der Waals surface area (Å²) < 4.78 is 10.4. The first-order valence-corrected chi connectivity index (χ1v) is 6.26. The highest BCUT2D eigenvalue weighted by Crippen LogP contribution is 2.25. The zero-order chi connectivity index (χ0) is 15.0. The van der Waals surface area contributed by atoms with E-state index in [9.17, 15) is 9.59 Å². The molecule has 0 aromatic heterocycles. The van der Waals surface area contributed by atoms with Crippen LogP contribution in [-0.4, -0.2) is 37.7 Å². The van der Waals surface area contributed by atoms with E-state index in [0.29, 0.717) is 18.6 Å². The summed E-state index contributed by atoms with van der Waals surface area (Å²) in [7, 11) is 3.17. The molecule has 20 heavy (non-hydrogen) atoms. The van der Waals surface area contributed by atoms with E-state index in [1.165, 1.54) is 0 Å². The van der Waals surface area contributed by atoms with Crippen LogP contribution in [0.2, 0.25) is 0 Å². The van der Waals surface area contributed by atoms with Crippen molar-refractivity contribution in [1.82, 2.24) is 5.32 Å². The summed E-state index contributed by atoms with van der Waals surface area (Å²) in [5.41, 5.74) is 0.985. The molecule has 0 aliphatic rings. The Balaban J connectivity index is 2.45. The van der Waals surface area contributed by atoms with Crippen LogP contribution >= 0.6 is 0 Å². The average molecular weight is 281 g/mol. The van der Waals surface area contributed by atoms with Crippen molar-refractivity contribution in [1.29, 1.82) is 0 Å². The summed E-state index contributed by atoms with van der Waals surface area (Å²) in [5, 5.41) is 10.8. The molecule has 0 saturated heterocycles. The first kappa shape index (κ1) is 15.8. The van der Waals surface area contributed by atoms with E-state index in [2.05, 4.69) is 5.32 Å². The number of carboxylic acids is 1. The number of carbonyl (C=O) groups is 2. The summed E-state index contributed by atoms with van der Waals surface area (Å²) in [6.45, 7) is -0.343. The molecule has 6 heteroatoms. The Morgan fingerprint density at radius 1 is 1.25 bits per heavy atom. The van der Waals surface area contributed by atoms with Crippen LogP contribution in [0.25, 0.3) is 0 Å². The summed E-state index contributed by atoms with van der Waals surface area (Å²) in [6.07, 6.45) is 1.57. The van der Waals surface area contributed by atoms with Gasteiger partial charge in [-0.05, 0) is 24.5 Å². The summed E-state index contributed by atoms with van der Waals surface area (Å²) in [6, 6.07) is 5.52. The van der Waals surface area contributed by atoms with Crippen molar-refractivity contribution in [3.8, 4) is 11.5 Å². The van der Waals surface area contributed by atoms with Gasteiger partial charge in [0.15, 0.2) is 0 Å². The van der Waals surface area contributed by atoms with Gasteiger partial charge < -0.3 is 19.9 Å². The van der Waals surface area contributed by atoms with Gasteiger partial charge in [0.1, 0.15) is 18.0 Å². The normalized spacial score (nSPS) is 9.90. The van der Waals surface area contributed by atoms with Gasteiger partial charge in [0.2, 0.25) is 5.91 Å². The molecule has 6 nitrogen and oxygen atoms in total. The van der Waals surface area contributed by atoms with Gasteiger partial charge >= 0.3 is 5.97 Å². The second-order valence-corrected chi connectivity index (χ2v) is 4.20. The summed E-state index contributed by atoms with van der Waals surface area (Å²) >= 11 is 0. The lowest BCUT2D eigenvalue weighted by Gasteiger charge is -2.10. The van der Waals surface area contributed by atoms with Crippen LogP contribution in [0.5, 0.6) is 11.5 Å². The number of carbonyl (C=O) groups excluding carboxylic acids is 1. The maximum absolute atomic E-state index is 11.4. The van der Waals surface area contributed by atoms with Crippen molar-refractivity contribution >= 4 is 11.9 Å². The number of ether oxygens (including phenoxy) is 2. The predicted octanol–water partition coefficient (Wildman–Crippen LogP) is 1.23. The average Bonchev–Trinajstić information content (AvgIpc) is 2.45. The highest BCUT2D eigenvalue weighted by atomic mass is 16.5. The molecule has 0 heterocycles. The first-order chi connectivity index (χ1) is 9.56. The van der Waals surface area contributed by atoms with Gasteiger partial charge in [-0.3, -0.25) is 9.59 Å². The molecule has 1 amide bonds. The fourth-order valence-electron chi connectivity index (χ4n) is 1.76. The fourth-order valence-corrected chi connectivity index (χ4v) is 1.76. The third-order valence-electron chi connectivity index (χ3n) is 2.78. The van der Waals surface area contributed by atoms with Crippen molar-refractivity contribution in [3.63, 3.8) is 0 Å². The molecule has 0 atom stereocenters. The SMILES string of the molecule is COc1ccc(CCCC(=O)NCC(=O)O)c(OC)c1. The van der Waals surface area contributed by atoms with E-state index in [4.69, 9.17) is 14.6 Å². The smallest absolute Gasteiger partial charge is 0.322 e. The third kappa shape index (κ3) is 5.17. The molecule has 1 aromatic carbocycles. The zero-order valence-corrected chi connectivity index (χ0v) is 11.6. The van der Waals surface area contributed by atoms with Crippen LogP contribution in [0, 0.1) is 0 Å². The molecule has 1 aromatic rings. The van der Waals surface area contributed by atoms with Crippen LogP contribution in [0.4, 0.5) is 0 Å². The summed E-state index contributed by atoms with van der Waals surface area (Å²) in [5.74, 6) is 0.121. The number of nitrogens with one attached hydrogen (secondary N) is 1. The predicted molar refractivity (Wildman–Crippen MR) is 73.1 cm³/mol. The van der Waals surface area contributed by atoms with Gasteiger partial charge in [-0.2, -0.15) is 0 Å². The lowest BCUT2D eigenvalue weighted by atomic mass is 10.1. The minimum Gasteiger partial charge on any atom is -0.497 e. The Labute approximate surface area is 117 Å². The number of aryl methyl sites for hydroxylation is 1. The molecule has 0 aliphatic heterocycles. The molecule has 0 unspecified atom stereocenters. The maximum Gasteiger partial charge on any atom is 0.322 e. The van der Waals surface area contributed by atoms with Crippen molar-refractivity contribution in [2.45, 2.75) is 19.3 Å². The second kappa shape index (κ2) is 8.04. The molecule has 0 bridgehead atoms. The van der Waals surface area contributed by atoms with Crippen LogP contribution in [0.3, 0.4) is 0 Å². The fraction of sp³-hybridized carbons (Fsp3) is 0.429. The Morgan fingerprint density at radius 2 is 2.00 bits per heavy atom. The van der Waals surface area contributed by atoms with Crippen molar-refractivity contribution in [2.75, 3.05) is 20.8 Å². The minimum absolute atomic E-state index is 0.264. The van der Waals surface area contributed by atoms with Crippen LogP contribution in [0.15, 0.2) is 18.2 Å². The molecular weight excluding hydrogens is 262 g/mol. The number of carboxylic acid groups (broad SMARTS) is 1. The van der Waals surface area contributed by atoms with E-state index < -0.39 is 5.97 Å². The lowest BCUT2D eigenvalue weighted by Crippen LogP contribution is -2.28. The Bertz CT molecular complexity index is 473. The van der Waals surface area contributed by atoms with Gasteiger partial charge in [0, 0.05) is 12.5 Å². The van der Waals surface area contributed by atoms with Crippen LogP contribution in [0.1, 0.15) is 18.4 Å². The molecule has 0 saturated carbocycles. The molecule has 2 N–H and O–H groups in total. The largest absolute Gasteiger partial charge is 0.497 e. The van der Waals surface area contributed by atoms with Gasteiger partial charge in [-0.1, -0.05) is 6.07 Å². The summed E-state index contributed by atoms with van der Waals surface area (Å²) in [4.78, 5) is 21.7. The second-order valence-electron chi connectivity index (χ2n) is 4.20. The molecule has 0 fully saturated rings. The number of hydrogen-bond donors (Lipinski definition) is 2. The van der Waals surface area contributed by atoms with Crippen LogP contribution in [-0.2, 0) is 16.0 Å². The topological polar surface area (TPSA) is 84.9 Å². The van der Waals surface area contributed by atoms with Gasteiger partial charge in [-0.15, -0.1) is 0 Å². The molecule has 0 spiro atoms. The first-order valence-electron chi connectivity index (χ1n) is 6.26. The van der Waals surface area contributed by atoms with Crippen LogP contribution < -0.4 is 14.8 Å². The van der Waals surface area contributed by atoms with E-state index in [0.717, 1.165) is 11.3 Å². The molecular formula is C14H19NO5. The molecule has 110 valence electrons. The number of methoxy groups -OCH3 is 2. The minimum atomic E-state index is -1.05. The number of aliphatic carboxylic acids is 1. The Kier molecular flexibility index (Phi) is 6.36. The lowest BCUT2D eigenvalue weighted by molar-refractivity contribution is -0.137. The Hall–Kier alpha value is -2.24. The highest BCUT2D eigenvalue weighted by molar-refractivity contribution is 5.81. The van der Waals surface area contributed by atoms with Gasteiger partial charge in [-0.25, -0.2) is 0 Å². The molecule has 0 radical (unpaired) electrons. The number of hydrogen-bond acceptors (Lipinski definition) is 4. The maximum atomic E-state index is 11.4. The molecule has 0 aliphatic carbocycles. The van der Waals surface area contributed by atoms with E-state index in [-0.39, 0.29) is 18.9 Å². The van der Waals surface area contributed by atoms with E-state index in [1.807, 2.05) is 12.1 Å². The third-order valence-corrected chi connectivity index (χ3v) is 2.78. The van der Waals surface area contributed by atoms with Gasteiger partial charge in [0.05, 0.1) is 14.2 Å². The molecule has 1 rings (SSSR count). The monoisotopic (exact) mass is 281 g/mol. The van der Waals surface area contributed by atoms with E-state index in [1.54, 1.807) is 20.3 Å². The van der Waals surface area contributed by atoms with Gasteiger partial charge in [0.25, 0.3) is 0 Å². The highest BCUT2D eigenvalue weighted by Gasteiger charge is 2.07. The van der Waals surface area contributed by atoms with Crippen molar-refractivity contribution < 1.29 is 24.2 Å². The quantitative estimate of drug-likeness (QED) is 0.748. The van der Waals surface area contributed by atoms with E-state index >= 15 is 0 Å². The van der Waals surface area contributed by atoms with Crippen molar-refractivity contribution in [2.24, 2.45) is 0 Å². The number of rotatable bonds is 8. The standard InChI is InChI=1S/C14H19NO5/c1-19-11-7-6-10(12(8-11)20-2)4-3-5-13(16)15-9-14(17)18/h6-8H,3-5,9H2,1-2H3,(H,15,16)(H,17,18). The number of amides is 1. The Morgan fingerprint density at radius 3 is 2.60 bits per heavy atom. The zero-order valence-electron chi connectivity index (χ0n) is 11.6. The van der Waals surface area contributed by atoms with Crippen molar-refractivity contribution in [3.05, 3.63) is 23.8 Å². The number of benzene rings is 1.